The van der Waals surface area contributed by atoms with E-state index in [-0.39, 0.29) is 5.91 Å². The molecule has 0 saturated heterocycles. The summed E-state index contributed by atoms with van der Waals surface area (Å²) < 4.78 is 10.8. The number of hydrogen-bond donors (Lipinski definition) is 0. The number of amides is 1. The van der Waals surface area contributed by atoms with E-state index in [4.69, 9.17) is 9.47 Å². The van der Waals surface area contributed by atoms with Crippen LogP contribution in [0.4, 0.5) is 0 Å². The monoisotopic (exact) mass is 299 g/mol. The van der Waals surface area contributed by atoms with Crippen molar-refractivity contribution in [2.24, 2.45) is 0 Å². The highest BCUT2D eigenvalue weighted by molar-refractivity contribution is 5.80. The van der Waals surface area contributed by atoms with Crippen molar-refractivity contribution < 1.29 is 14.3 Å². The quantitative estimate of drug-likeness (QED) is 0.822. The summed E-state index contributed by atoms with van der Waals surface area (Å²) in [6, 6.07) is 17.0. The van der Waals surface area contributed by atoms with Gasteiger partial charge in [0.25, 0.3) is 5.91 Å². The normalized spacial score (nSPS) is 11.6. The molecule has 2 aromatic rings. The van der Waals surface area contributed by atoms with Gasteiger partial charge in [0.1, 0.15) is 11.5 Å². The summed E-state index contributed by atoms with van der Waals surface area (Å²) in [5.41, 5.74) is 1.04. The first kappa shape index (κ1) is 15.9. The van der Waals surface area contributed by atoms with Gasteiger partial charge in [0, 0.05) is 13.6 Å². The van der Waals surface area contributed by atoms with Crippen molar-refractivity contribution in [3.63, 3.8) is 0 Å². The van der Waals surface area contributed by atoms with E-state index in [0.717, 1.165) is 11.3 Å². The number of carbonyl (C=O) groups is 1. The summed E-state index contributed by atoms with van der Waals surface area (Å²) in [6.45, 7) is 2.30. The molecule has 0 radical (unpaired) electrons. The number of likely N-dealkylation sites (N-methyl/N-ethyl adjacent to an activating group) is 1. The molecule has 0 aromatic heterocycles. The summed E-state index contributed by atoms with van der Waals surface area (Å²) in [5.74, 6) is 1.44. The van der Waals surface area contributed by atoms with Gasteiger partial charge in [0.2, 0.25) is 0 Å². The van der Waals surface area contributed by atoms with Crippen LogP contribution in [0.15, 0.2) is 54.6 Å². The van der Waals surface area contributed by atoms with Crippen molar-refractivity contribution >= 4 is 5.91 Å². The largest absolute Gasteiger partial charge is 0.497 e. The molecule has 0 saturated carbocycles. The number of methoxy groups -OCH3 is 1. The fourth-order valence-electron chi connectivity index (χ4n) is 2.15. The lowest BCUT2D eigenvalue weighted by Crippen LogP contribution is -2.37. The third-order valence-corrected chi connectivity index (χ3v) is 3.36. The molecule has 0 unspecified atom stereocenters. The number of ether oxygens (including phenoxy) is 2. The number of rotatable bonds is 6. The van der Waals surface area contributed by atoms with Crippen LogP contribution in [0.1, 0.15) is 12.5 Å². The summed E-state index contributed by atoms with van der Waals surface area (Å²) in [5, 5.41) is 0. The Morgan fingerprint density at radius 1 is 1.05 bits per heavy atom. The van der Waals surface area contributed by atoms with Crippen LogP contribution in [-0.2, 0) is 11.3 Å². The average molecular weight is 299 g/mol. The highest BCUT2D eigenvalue weighted by Crippen LogP contribution is 2.15. The lowest BCUT2D eigenvalue weighted by atomic mass is 10.2. The first-order chi connectivity index (χ1) is 10.6. The van der Waals surface area contributed by atoms with Gasteiger partial charge in [-0.2, -0.15) is 0 Å². The van der Waals surface area contributed by atoms with E-state index in [0.29, 0.717) is 12.3 Å². The van der Waals surface area contributed by atoms with Crippen molar-refractivity contribution in [3.8, 4) is 11.5 Å². The molecule has 1 amide bonds. The third-order valence-electron chi connectivity index (χ3n) is 3.36. The Balaban J connectivity index is 1.93. The first-order valence-corrected chi connectivity index (χ1v) is 7.20. The van der Waals surface area contributed by atoms with E-state index in [1.165, 1.54) is 0 Å². The van der Waals surface area contributed by atoms with Gasteiger partial charge in [0.05, 0.1) is 7.11 Å². The highest BCUT2D eigenvalue weighted by atomic mass is 16.5. The smallest absolute Gasteiger partial charge is 0.263 e. The van der Waals surface area contributed by atoms with Crippen LogP contribution in [0.2, 0.25) is 0 Å². The van der Waals surface area contributed by atoms with Crippen LogP contribution in [0.3, 0.4) is 0 Å². The molecule has 0 aliphatic heterocycles. The van der Waals surface area contributed by atoms with Crippen molar-refractivity contribution in [2.75, 3.05) is 14.2 Å². The Bertz CT molecular complexity index is 595. The maximum Gasteiger partial charge on any atom is 0.263 e. The van der Waals surface area contributed by atoms with Crippen LogP contribution >= 0.6 is 0 Å². The topological polar surface area (TPSA) is 38.8 Å². The van der Waals surface area contributed by atoms with Crippen LogP contribution in [-0.4, -0.2) is 31.1 Å². The van der Waals surface area contributed by atoms with Gasteiger partial charge in [-0.15, -0.1) is 0 Å². The second-order valence-corrected chi connectivity index (χ2v) is 5.12. The van der Waals surface area contributed by atoms with E-state index in [1.54, 1.807) is 26.0 Å². The van der Waals surface area contributed by atoms with Gasteiger partial charge < -0.3 is 14.4 Å². The molecular formula is C18H21NO3. The highest BCUT2D eigenvalue weighted by Gasteiger charge is 2.19. The number of para-hydroxylation sites is 1. The lowest BCUT2D eigenvalue weighted by molar-refractivity contribution is -0.137. The Kier molecular flexibility index (Phi) is 5.42. The molecule has 0 N–H and O–H groups in total. The molecule has 0 fully saturated rings. The van der Waals surface area contributed by atoms with Crippen LogP contribution in [0.5, 0.6) is 11.5 Å². The maximum atomic E-state index is 12.4. The number of nitrogens with zero attached hydrogens (tertiary/aromatic N) is 1. The first-order valence-electron chi connectivity index (χ1n) is 7.20. The van der Waals surface area contributed by atoms with Gasteiger partial charge in [0.15, 0.2) is 6.10 Å². The number of benzene rings is 2. The van der Waals surface area contributed by atoms with Gasteiger partial charge >= 0.3 is 0 Å². The van der Waals surface area contributed by atoms with E-state index in [9.17, 15) is 4.79 Å². The van der Waals surface area contributed by atoms with Gasteiger partial charge in [-0.05, 0) is 36.8 Å². The van der Waals surface area contributed by atoms with Crippen LogP contribution in [0.25, 0.3) is 0 Å². The minimum atomic E-state index is -0.523. The fourth-order valence-corrected chi connectivity index (χ4v) is 2.15. The molecular weight excluding hydrogens is 278 g/mol. The molecule has 0 heterocycles. The zero-order chi connectivity index (χ0) is 15.9. The molecule has 0 bridgehead atoms. The van der Waals surface area contributed by atoms with Crippen molar-refractivity contribution in [1.82, 2.24) is 4.90 Å². The lowest BCUT2D eigenvalue weighted by Gasteiger charge is -2.22. The average Bonchev–Trinajstić information content (AvgIpc) is 2.55. The molecule has 2 rings (SSSR count). The van der Waals surface area contributed by atoms with E-state index in [2.05, 4.69) is 0 Å². The second kappa shape index (κ2) is 7.50. The second-order valence-electron chi connectivity index (χ2n) is 5.12. The minimum absolute atomic E-state index is 0.0559. The number of carbonyl (C=O) groups excluding carboxylic acids is 1. The maximum absolute atomic E-state index is 12.4. The molecule has 0 aliphatic carbocycles. The molecule has 22 heavy (non-hydrogen) atoms. The minimum Gasteiger partial charge on any atom is -0.497 e. The molecule has 4 nitrogen and oxygen atoms in total. The molecule has 0 spiro atoms. The Labute approximate surface area is 131 Å². The third kappa shape index (κ3) is 4.25. The van der Waals surface area contributed by atoms with Gasteiger partial charge in [-0.25, -0.2) is 0 Å². The molecule has 1 atom stereocenters. The zero-order valence-corrected chi connectivity index (χ0v) is 13.2. The van der Waals surface area contributed by atoms with Crippen LogP contribution < -0.4 is 9.47 Å². The van der Waals surface area contributed by atoms with Crippen molar-refractivity contribution in [3.05, 3.63) is 60.2 Å². The van der Waals surface area contributed by atoms with E-state index >= 15 is 0 Å². The zero-order valence-electron chi connectivity index (χ0n) is 13.2. The Hall–Kier alpha value is -2.49. The summed E-state index contributed by atoms with van der Waals surface area (Å²) >= 11 is 0. The predicted octanol–water partition coefficient (Wildman–Crippen LogP) is 3.12. The summed E-state index contributed by atoms with van der Waals surface area (Å²) in [7, 11) is 3.41. The van der Waals surface area contributed by atoms with Crippen LogP contribution in [0, 0.1) is 0 Å². The molecule has 2 aromatic carbocycles. The van der Waals surface area contributed by atoms with Gasteiger partial charge in [-0.3, -0.25) is 4.79 Å². The Morgan fingerprint density at radius 2 is 1.68 bits per heavy atom. The predicted molar refractivity (Wildman–Crippen MR) is 86.0 cm³/mol. The number of hydrogen-bond acceptors (Lipinski definition) is 3. The van der Waals surface area contributed by atoms with Crippen molar-refractivity contribution in [2.45, 2.75) is 19.6 Å². The standard InChI is InChI=1S/C18H21NO3/c1-14(22-17-7-5-4-6-8-17)18(20)19(2)13-15-9-11-16(21-3)12-10-15/h4-12,14H,13H2,1-3H3/t14-/m0/s1. The summed E-state index contributed by atoms with van der Waals surface area (Å²) in [4.78, 5) is 14.0. The SMILES string of the molecule is COc1ccc(CN(C)C(=O)[C@H](C)Oc2ccccc2)cc1. The molecule has 0 aliphatic rings. The van der Waals surface area contributed by atoms with E-state index < -0.39 is 6.10 Å². The van der Waals surface area contributed by atoms with Crippen molar-refractivity contribution in [1.29, 1.82) is 0 Å². The molecule has 4 heteroatoms. The Morgan fingerprint density at radius 3 is 2.27 bits per heavy atom. The fraction of sp³-hybridized carbons (Fsp3) is 0.278. The van der Waals surface area contributed by atoms with Gasteiger partial charge in [-0.1, -0.05) is 30.3 Å². The molecule has 116 valence electrons. The summed E-state index contributed by atoms with van der Waals surface area (Å²) in [6.07, 6.45) is -0.523. The van der Waals surface area contributed by atoms with E-state index in [1.807, 2.05) is 54.6 Å².